The lowest BCUT2D eigenvalue weighted by molar-refractivity contribution is 0.418. The summed E-state index contributed by atoms with van der Waals surface area (Å²) in [5.41, 5.74) is 2.01. The molecular weight excluding hydrogens is 152 g/mol. The molecule has 0 aliphatic rings. The van der Waals surface area contributed by atoms with Crippen LogP contribution in [-0.4, -0.2) is 16.6 Å². The number of hydrogen-bond donors (Lipinski definition) is 0. The van der Waals surface area contributed by atoms with Gasteiger partial charge in [0.25, 0.3) is 0 Å². The van der Waals surface area contributed by atoms with Gasteiger partial charge in [-0.3, -0.25) is 0 Å². The zero-order valence-electron chi connectivity index (χ0n) is 6.71. The van der Waals surface area contributed by atoms with Gasteiger partial charge in [0.1, 0.15) is 5.75 Å². The highest BCUT2D eigenvalue weighted by atomic mass is 28.2. The molecule has 0 aliphatic carbocycles. The molecule has 1 nitrogen and oxygen atoms in total. The van der Waals surface area contributed by atoms with Crippen molar-refractivity contribution in [2.45, 2.75) is 0 Å². The molecule has 0 radical (unpaired) electrons. The number of para-hydroxylation sites is 1. The molecule has 58 valence electrons. The summed E-state index contributed by atoms with van der Waals surface area (Å²) >= 11 is 0. The molecule has 0 fully saturated rings. The third-order valence-corrected chi connectivity index (χ3v) is 2.87. The van der Waals surface area contributed by atoms with Gasteiger partial charge in [0.15, 0.2) is 0 Å². The Morgan fingerprint density at radius 3 is 2.82 bits per heavy atom. The normalized spacial score (nSPS) is 10.3. The minimum Gasteiger partial charge on any atom is -0.497 e. The van der Waals surface area contributed by atoms with Crippen LogP contribution in [0.1, 0.15) is 0 Å². The second-order valence-corrected chi connectivity index (χ2v) is 4.05. The highest BCUT2D eigenvalue weighted by Crippen LogP contribution is 2.03. The van der Waals surface area contributed by atoms with Crippen LogP contribution in [0.3, 0.4) is 0 Å². The van der Waals surface area contributed by atoms with Crippen molar-refractivity contribution in [1.29, 1.82) is 0 Å². The Bertz CT molecular complexity index is 245. The first-order valence-corrected chi connectivity index (χ1v) is 5.13. The van der Waals surface area contributed by atoms with Crippen molar-refractivity contribution < 1.29 is 4.74 Å². The van der Waals surface area contributed by atoms with E-state index in [1.165, 1.54) is 5.19 Å². The van der Waals surface area contributed by atoms with Gasteiger partial charge in [-0.1, -0.05) is 18.2 Å². The number of benzene rings is 1. The van der Waals surface area contributed by atoms with Crippen LogP contribution >= 0.6 is 0 Å². The summed E-state index contributed by atoms with van der Waals surface area (Å²) in [5, 5.41) is 1.32. The molecule has 2 heteroatoms. The zero-order chi connectivity index (χ0) is 8.10. The molecule has 0 heterocycles. The fourth-order valence-electron chi connectivity index (χ4n) is 1.03. The molecule has 11 heavy (non-hydrogen) atoms. The number of hydrogen-bond acceptors (Lipinski definition) is 1. The van der Waals surface area contributed by atoms with Gasteiger partial charge in [0.2, 0.25) is 0 Å². The predicted molar refractivity (Wildman–Crippen MR) is 51.4 cm³/mol. The topological polar surface area (TPSA) is 9.23 Å². The molecule has 0 unspecified atom stereocenters. The molecular formula is C9H12OSi. The molecule has 0 aromatic heterocycles. The maximum atomic E-state index is 5.18. The third kappa shape index (κ3) is 1.95. The maximum absolute atomic E-state index is 5.18. The molecule has 0 spiro atoms. The summed E-state index contributed by atoms with van der Waals surface area (Å²) < 4.78 is 5.18. The monoisotopic (exact) mass is 164 g/mol. The summed E-state index contributed by atoms with van der Waals surface area (Å²) in [6, 6.07) is 8.12. The molecule has 1 aromatic carbocycles. The van der Waals surface area contributed by atoms with E-state index in [0.29, 0.717) is 0 Å². The third-order valence-electron chi connectivity index (χ3n) is 1.56. The van der Waals surface area contributed by atoms with Gasteiger partial charge >= 0.3 is 0 Å². The Hall–Kier alpha value is -1.02. The standard InChI is InChI=1S/C9H12OSi/c1-3-11-9-7-5-4-6-8(9)10-2/h3-7H,1,11H2,2H3. The SMILES string of the molecule is C=C[SiH2]c1ccccc1OC. The van der Waals surface area contributed by atoms with Gasteiger partial charge in [-0.2, -0.15) is 0 Å². The highest BCUT2D eigenvalue weighted by Gasteiger charge is 1.97. The van der Waals surface area contributed by atoms with Crippen LogP contribution in [0.4, 0.5) is 0 Å². The van der Waals surface area contributed by atoms with Crippen molar-refractivity contribution in [3.8, 4) is 5.75 Å². The van der Waals surface area contributed by atoms with E-state index in [0.717, 1.165) is 5.75 Å². The first kappa shape index (κ1) is 8.08. The Balaban J connectivity index is 2.92. The molecule has 1 rings (SSSR count). The molecule has 0 bridgehead atoms. The second kappa shape index (κ2) is 3.98. The van der Waals surface area contributed by atoms with E-state index in [9.17, 15) is 0 Å². The second-order valence-electron chi connectivity index (χ2n) is 2.30. The van der Waals surface area contributed by atoms with E-state index < -0.39 is 0 Å². The minimum atomic E-state index is -0.302. The Kier molecular flexibility index (Phi) is 2.92. The number of rotatable bonds is 3. The fourth-order valence-corrected chi connectivity index (χ4v) is 2.07. The summed E-state index contributed by atoms with van der Waals surface area (Å²) in [6.45, 7) is 3.74. The lowest BCUT2D eigenvalue weighted by Crippen LogP contribution is -2.14. The molecule has 0 aliphatic heterocycles. The molecule has 1 aromatic rings. The average molecular weight is 164 g/mol. The smallest absolute Gasteiger partial charge is 0.117 e. The van der Waals surface area contributed by atoms with Crippen LogP contribution < -0.4 is 9.92 Å². The van der Waals surface area contributed by atoms with Gasteiger partial charge < -0.3 is 4.74 Å². The van der Waals surface area contributed by atoms with Crippen LogP contribution in [0.15, 0.2) is 36.5 Å². The Morgan fingerprint density at radius 1 is 1.45 bits per heavy atom. The van der Waals surface area contributed by atoms with Crippen molar-refractivity contribution in [2.24, 2.45) is 0 Å². The van der Waals surface area contributed by atoms with Crippen molar-refractivity contribution >= 4 is 14.7 Å². The largest absolute Gasteiger partial charge is 0.497 e. The number of ether oxygens (including phenoxy) is 1. The van der Waals surface area contributed by atoms with Crippen LogP contribution in [0.25, 0.3) is 0 Å². The fraction of sp³-hybridized carbons (Fsp3) is 0.111. The maximum Gasteiger partial charge on any atom is 0.117 e. The molecule has 0 saturated heterocycles. The van der Waals surface area contributed by atoms with Crippen LogP contribution in [0.2, 0.25) is 0 Å². The lowest BCUT2D eigenvalue weighted by Gasteiger charge is -2.04. The zero-order valence-corrected chi connectivity index (χ0v) is 8.12. The van der Waals surface area contributed by atoms with E-state index in [2.05, 4.69) is 12.6 Å². The van der Waals surface area contributed by atoms with Crippen molar-refractivity contribution in [3.05, 3.63) is 36.5 Å². The lowest BCUT2D eigenvalue weighted by atomic mass is 10.3. The van der Waals surface area contributed by atoms with Crippen LogP contribution in [-0.2, 0) is 0 Å². The highest BCUT2D eigenvalue weighted by molar-refractivity contribution is 6.59. The van der Waals surface area contributed by atoms with Gasteiger partial charge in [0, 0.05) is 0 Å². The first-order valence-electron chi connectivity index (χ1n) is 3.61. The van der Waals surface area contributed by atoms with E-state index in [4.69, 9.17) is 4.74 Å². The quantitative estimate of drug-likeness (QED) is 0.596. The Labute approximate surface area is 69.5 Å². The molecule has 0 N–H and O–H groups in total. The predicted octanol–water partition coefficient (Wildman–Crippen LogP) is 0.633. The first-order chi connectivity index (χ1) is 5.38. The Morgan fingerprint density at radius 2 is 2.18 bits per heavy atom. The minimum absolute atomic E-state index is 0.302. The summed E-state index contributed by atoms with van der Waals surface area (Å²) in [6.07, 6.45) is 0. The average Bonchev–Trinajstić information content (AvgIpc) is 2.06. The van der Waals surface area contributed by atoms with E-state index in [1.807, 2.05) is 23.9 Å². The van der Waals surface area contributed by atoms with Crippen LogP contribution in [0, 0.1) is 0 Å². The summed E-state index contributed by atoms with van der Waals surface area (Å²) in [4.78, 5) is 0. The molecule has 0 atom stereocenters. The van der Waals surface area contributed by atoms with Gasteiger partial charge in [-0.25, -0.2) is 0 Å². The van der Waals surface area contributed by atoms with Gasteiger partial charge in [-0.15, -0.1) is 12.3 Å². The summed E-state index contributed by atoms with van der Waals surface area (Å²) in [7, 11) is 1.40. The van der Waals surface area contributed by atoms with Crippen molar-refractivity contribution in [1.82, 2.24) is 0 Å². The molecule has 0 amide bonds. The van der Waals surface area contributed by atoms with E-state index in [-0.39, 0.29) is 9.52 Å². The van der Waals surface area contributed by atoms with Crippen molar-refractivity contribution in [2.75, 3.05) is 7.11 Å². The van der Waals surface area contributed by atoms with Crippen LogP contribution in [0.5, 0.6) is 5.75 Å². The van der Waals surface area contributed by atoms with E-state index >= 15 is 0 Å². The number of methoxy groups -OCH3 is 1. The summed E-state index contributed by atoms with van der Waals surface area (Å²) in [5.74, 6) is 0.999. The molecule has 0 saturated carbocycles. The van der Waals surface area contributed by atoms with Gasteiger partial charge in [-0.05, 0) is 11.3 Å². The van der Waals surface area contributed by atoms with E-state index in [1.54, 1.807) is 7.11 Å². The van der Waals surface area contributed by atoms with Crippen molar-refractivity contribution in [3.63, 3.8) is 0 Å². The van der Waals surface area contributed by atoms with Gasteiger partial charge in [0.05, 0.1) is 16.6 Å².